The number of rotatable bonds is 2. The fourth-order valence-corrected chi connectivity index (χ4v) is 1.78. The van der Waals surface area contributed by atoms with Crippen LogP contribution in [0.1, 0.15) is 39.5 Å². The molecule has 2 rings (SSSR count). The van der Waals surface area contributed by atoms with Crippen LogP contribution in [0.5, 0.6) is 0 Å². The second-order valence-corrected chi connectivity index (χ2v) is 4.24. The zero-order valence-corrected chi connectivity index (χ0v) is 8.46. The van der Waals surface area contributed by atoms with E-state index in [1.807, 2.05) is 6.92 Å². The van der Waals surface area contributed by atoms with Gasteiger partial charge in [0.1, 0.15) is 0 Å². The van der Waals surface area contributed by atoms with Gasteiger partial charge in [0.05, 0.1) is 0 Å². The molecule has 14 heavy (non-hydrogen) atoms. The van der Waals surface area contributed by atoms with Crippen molar-refractivity contribution in [2.24, 2.45) is 5.41 Å². The molecule has 0 aromatic rings. The van der Waals surface area contributed by atoms with E-state index in [9.17, 15) is 9.59 Å². The molecule has 2 fully saturated rings. The number of carbonyl (C=O) groups is 2. The number of hydrogen-bond acceptors (Lipinski definition) is 4. The maximum atomic E-state index is 11.6. The monoisotopic (exact) mass is 198 g/mol. The quantitative estimate of drug-likeness (QED) is 0.497. The molecule has 1 spiro atoms. The molecular weight excluding hydrogens is 184 g/mol. The molecule has 0 bridgehead atoms. The maximum Gasteiger partial charge on any atom is 0.326 e. The average Bonchev–Trinajstić information content (AvgIpc) is 2.80. The first-order valence-corrected chi connectivity index (χ1v) is 4.99. The molecule has 0 radical (unpaired) electrons. The van der Waals surface area contributed by atoms with Crippen LogP contribution in [-0.4, -0.2) is 17.7 Å². The molecule has 1 aliphatic carbocycles. The lowest BCUT2D eigenvalue weighted by molar-refractivity contribution is -0.250. The van der Waals surface area contributed by atoms with Crippen molar-refractivity contribution < 1.29 is 19.1 Å². The fraction of sp³-hybridized carbons (Fsp3) is 0.800. The summed E-state index contributed by atoms with van der Waals surface area (Å²) < 4.78 is 10.4. The van der Waals surface area contributed by atoms with Crippen molar-refractivity contribution in [1.82, 2.24) is 0 Å². The van der Waals surface area contributed by atoms with E-state index >= 15 is 0 Å². The van der Waals surface area contributed by atoms with E-state index in [4.69, 9.17) is 9.47 Å². The molecule has 0 atom stereocenters. The van der Waals surface area contributed by atoms with Gasteiger partial charge in [-0.1, -0.05) is 6.92 Å². The number of cyclic esters (lactones) is 2. The summed E-state index contributed by atoms with van der Waals surface area (Å²) in [6.45, 7) is 3.59. The fourth-order valence-electron chi connectivity index (χ4n) is 1.78. The molecule has 0 amide bonds. The Morgan fingerprint density at radius 1 is 1.21 bits per heavy atom. The van der Waals surface area contributed by atoms with Gasteiger partial charge in [-0.15, -0.1) is 0 Å². The van der Waals surface area contributed by atoms with Crippen molar-refractivity contribution in [3.8, 4) is 0 Å². The standard InChI is InChI=1S/C10H14O4/c1-3-4-9(2)13-7(11)10(5-6-10)8(12)14-9/h3-6H2,1-2H3. The van der Waals surface area contributed by atoms with Crippen molar-refractivity contribution in [3.05, 3.63) is 0 Å². The number of ether oxygens (including phenoxy) is 2. The van der Waals surface area contributed by atoms with Crippen LogP contribution < -0.4 is 0 Å². The summed E-state index contributed by atoms with van der Waals surface area (Å²) in [5, 5.41) is 0. The summed E-state index contributed by atoms with van der Waals surface area (Å²) in [5.74, 6) is -1.83. The molecule has 1 saturated heterocycles. The van der Waals surface area contributed by atoms with Crippen LogP contribution in [0.2, 0.25) is 0 Å². The van der Waals surface area contributed by atoms with Crippen LogP contribution in [0.4, 0.5) is 0 Å². The minimum absolute atomic E-state index is 0.398. The van der Waals surface area contributed by atoms with Gasteiger partial charge in [-0.3, -0.25) is 9.59 Å². The molecule has 2 aliphatic rings. The van der Waals surface area contributed by atoms with Gasteiger partial charge in [0.15, 0.2) is 5.41 Å². The Labute approximate surface area is 82.6 Å². The summed E-state index contributed by atoms with van der Waals surface area (Å²) in [6.07, 6.45) is 2.52. The lowest BCUT2D eigenvalue weighted by atomic mass is 10.0. The minimum Gasteiger partial charge on any atom is -0.422 e. The SMILES string of the molecule is CCCC1(C)OC(=O)C2(CC2)C(=O)O1. The zero-order valence-electron chi connectivity index (χ0n) is 8.46. The molecule has 1 heterocycles. The average molecular weight is 198 g/mol. The van der Waals surface area contributed by atoms with Crippen molar-refractivity contribution in [1.29, 1.82) is 0 Å². The Morgan fingerprint density at radius 2 is 1.71 bits per heavy atom. The molecule has 1 saturated carbocycles. The van der Waals surface area contributed by atoms with Gasteiger partial charge in [0.2, 0.25) is 0 Å². The predicted molar refractivity (Wildman–Crippen MR) is 47.2 cm³/mol. The van der Waals surface area contributed by atoms with Gasteiger partial charge < -0.3 is 9.47 Å². The van der Waals surface area contributed by atoms with Gasteiger partial charge in [-0.2, -0.15) is 0 Å². The molecule has 4 heteroatoms. The van der Waals surface area contributed by atoms with Gasteiger partial charge in [-0.25, -0.2) is 0 Å². The van der Waals surface area contributed by atoms with Gasteiger partial charge >= 0.3 is 11.9 Å². The Morgan fingerprint density at radius 3 is 2.07 bits per heavy atom. The minimum atomic E-state index is -1.03. The first-order chi connectivity index (χ1) is 6.52. The highest BCUT2D eigenvalue weighted by Crippen LogP contribution is 2.52. The van der Waals surface area contributed by atoms with Crippen LogP contribution in [0.25, 0.3) is 0 Å². The second kappa shape index (κ2) is 2.72. The van der Waals surface area contributed by atoms with Crippen LogP contribution in [-0.2, 0) is 19.1 Å². The largest absolute Gasteiger partial charge is 0.422 e. The van der Waals surface area contributed by atoms with Crippen molar-refractivity contribution in [3.63, 3.8) is 0 Å². The van der Waals surface area contributed by atoms with E-state index in [0.29, 0.717) is 19.3 Å². The molecule has 0 aromatic heterocycles. The third-order valence-corrected chi connectivity index (χ3v) is 2.85. The topological polar surface area (TPSA) is 52.6 Å². The summed E-state index contributed by atoms with van der Waals surface area (Å²) >= 11 is 0. The number of hydrogen-bond donors (Lipinski definition) is 0. The highest BCUT2D eigenvalue weighted by molar-refractivity contribution is 6.04. The molecule has 0 aromatic carbocycles. The molecule has 78 valence electrons. The summed E-state index contributed by atoms with van der Waals surface area (Å²) in [7, 11) is 0. The van der Waals surface area contributed by atoms with Gasteiger partial charge in [0.25, 0.3) is 5.79 Å². The number of esters is 2. The highest BCUT2D eigenvalue weighted by atomic mass is 16.7. The Balaban J connectivity index is 2.15. The Bertz CT molecular complexity index is 270. The summed E-state index contributed by atoms with van der Waals surface area (Å²) in [6, 6.07) is 0. The first kappa shape index (κ1) is 9.49. The van der Waals surface area contributed by atoms with Gasteiger partial charge in [0, 0.05) is 13.3 Å². The van der Waals surface area contributed by atoms with Crippen LogP contribution >= 0.6 is 0 Å². The van der Waals surface area contributed by atoms with Crippen LogP contribution in [0.3, 0.4) is 0 Å². The third-order valence-electron chi connectivity index (χ3n) is 2.85. The normalized spacial score (nSPS) is 27.0. The van der Waals surface area contributed by atoms with Crippen molar-refractivity contribution in [2.45, 2.75) is 45.3 Å². The van der Waals surface area contributed by atoms with E-state index in [2.05, 4.69) is 0 Å². The summed E-state index contributed by atoms with van der Waals surface area (Å²) in [4.78, 5) is 23.1. The predicted octanol–water partition coefficient (Wildman–Crippen LogP) is 1.38. The Kier molecular flexibility index (Phi) is 1.84. The van der Waals surface area contributed by atoms with Crippen LogP contribution in [0, 0.1) is 5.41 Å². The first-order valence-electron chi connectivity index (χ1n) is 4.99. The molecule has 0 unspecified atom stereocenters. The number of carbonyl (C=O) groups excluding carboxylic acids is 2. The van der Waals surface area contributed by atoms with Crippen molar-refractivity contribution >= 4 is 11.9 Å². The third kappa shape index (κ3) is 1.21. The van der Waals surface area contributed by atoms with Gasteiger partial charge in [-0.05, 0) is 19.3 Å². The highest BCUT2D eigenvalue weighted by Gasteiger charge is 2.64. The lowest BCUT2D eigenvalue weighted by Crippen LogP contribution is -2.49. The molecule has 0 N–H and O–H groups in total. The van der Waals surface area contributed by atoms with E-state index < -0.39 is 23.1 Å². The second-order valence-electron chi connectivity index (χ2n) is 4.24. The van der Waals surface area contributed by atoms with Crippen LogP contribution in [0.15, 0.2) is 0 Å². The van der Waals surface area contributed by atoms with E-state index in [0.717, 1.165) is 6.42 Å². The van der Waals surface area contributed by atoms with E-state index in [1.54, 1.807) is 6.92 Å². The van der Waals surface area contributed by atoms with E-state index in [-0.39, 0.29) is 0 Å². The lowest BCUT2D eigenvalue weighted by Gasteiger charge is -2.35. The summed E-state index contributed by atoms with van der Waals surface area (Å²) in [5.41, 5.74) is -0.923. The maximum absolute atomic E-state index is 11.6. The Hall–Kier alpha value is -1.06. The smallest absolute Gasteiger partial charge is 0.326 e. The van der Waals surface area contributed by atoms with E-state index in [1.165, 1.54) is 0 Å². The zero-order chi connectivity index (χ0) is 10.4. The van der Waals surface area contributed by atoms with Crippen molar-refractivity contribution in [2.75, 3.05) is 0 Å². The molecule has 4 nitrogen and oxygen atoms in total. The molecule has 1 aliphatic heterocycles. The molecular formula is C10H14O4.